The molecule has 0 spiro atoms. The van der Waals surface area contributed by atoms with Gasteiger partial charge in [-0.2, -0.15) is 0 Å². The molecule has 6 nitrogen and oxygen atoms in total. The molecule has 2 aromatic rings. The van der Waals surface area contributed by atoms with Gasteiger partial charge in [0, 0.05) is 39.6 Å². The fourth-order valence-electron chi connectivity index (χ4n) is 2.25. The molecule has 0 unspecified atom stereocenters. The Morgan fingerprint density at radius 2 is 0.895 bits per heavy atom. The van der Waals surface area contributed by atoms with E-state index in [9.17, 15) is 9.59 Å². The summed E-state index contributed by atoms with van der Waals surface area (Å²) in [7, 11) is 7.01. The van der Waals surface area contributed by atoms with Crippen molar-refractivity contribution in [3.05, 3.63) is 32.1 Å². The van der Waals surface area contributed by atoms with Crippen LogP contribution in [0.4, 0.5) is 0 Å². The molecule has 7 heteroatoms. The quantitative estimate of drug-likeness (QED) is 0.769. The molecule has 0 saturated heterocycles. The molecule has 0 bridgehead atoms. The number of nitrogens with zero attached hydrogens (tertiary/aromatic N) is 4. The number of halogens is 1. The topological polar surface area (TPSA) is 53.9 Å². The second-order valence-corrected chi connectivity index (χ2v) is 4.63. The van der Waals surface area contributed by atoms with Crippen LogP contribution in [0.2, 0.25) is 0 Å². The van der Waals surface area contributed by atoms with E-state index in [0.29, 0.717) is 11.1 Å². The average molecular weight is 331 g/mol. The molecular formula is C12H19BrN4O2. The summed E-state index contributed by atoms with van der Waals surface area (Å²) in [6.45, 7) is 3.70. The van der Waals surface area contributed by atoms with Crippen molar-refractivity contribution in [3.63, 3.8) is 0 Å². The summed E-state index contributed by atoms with van der Waals surface area (Å²) < 4.78 is 6.53. The summed E-state index contributed by atoms with van der Waals surface area (Å²) >= 11 is 0. The van der Waals surface area contributed by atoms with E-state index in [1.54, 1.807) is 23.5 Å². The van der Waals surface area contributed by atoms with Crippen molar-refractivity contribution >= 4 is 17.0 Å². The highest BCUT2D eigenvalue weighted by atomic mass is 79.9. The van der Waals surface area contributed by atoms with Crippen LogP contribution in [-0.4, -0.2) is 18.7 Å². The van der Waals surface area contributed by atoms with E-state index in [-0.39, 0.29) is 28.1 Å². The van der Waals surface area contributed by atoms with Crippen LogP contribution in [0.5, 0.6) is 0 Å². The minimum absolute atomic E-state index is 0. The van der Waals surface area contributed by atoms with Gasteiger partial charge in [0.1, 0.15) is 0 Å². The minimum atomic E-state index is -0.138. The third-order valence-corrected chi connectivity index (χ3v) is 3.86. The van der Waals surface area contributed by atoms with Crippen molar-refractivity contribution in [2.24, 2.45) is 28.2 Å². The van der Waals surface area contributed by atoms with Crippen molar-refractivity contribution in [3.8, 4) is 11.1 Å². The van der Waals surface area contributed by atoms with Crippen LogP contribution < -0.4 is 11.1 Å². The summed E-state index contributed by atoms with van der Waals surface area (Å²) in [5, 5.41) is 0. The van der Waals surface area contributed by atoms with E-state index in [2.05, 4.69) is 0 Å². The lowest BCUT2D eigenvalue weighted by atomic mass is 10.1. The summed E-state index contributed by atoms with van der Waals surface area (Å²) in [5.74, 6) is 0. The molecule has 106 valence electrons. The van der Waals surface area contributed by atoms with E-state index < -0.39 is 0 Å². The molecule has 19 heavy (non-hydrogen) atoms. The predicted molar refractivity (Wildman–Crippen MR) is 80.1 cm³/mol. The number of hydrogen-bond acceptors (Lipinski definition) is 2. The fourth-order valence-corrected chi connectivity index (χ4v) is 2.25. The lowest BCUT2D eigenvalue weighted by molar-refractivity contribution is 0.567. The van der Waals surface area contributed by atoms with Crippen LogP contribution in [0, 0.1) is 13.8 Å². The average Bonchev–Trinajstić information content (AvgIpc) is 2.64. The Morgan fingerprint density at radius 1 is 0.632 bits per heavy atom. The number of aromatic nitrogens is 4. The van der Waals surface area contributed by atoms with Crippen molar-refractivity contribution in [2.75, 3.05) is 0 Å². The SMILES string of the molecule is Br.Cc1c(-c2c(C)n(C)n(C)c2=O)c(=O)n(C)n1C. The first-order valence-corrected chi connectivity index (χ1v) is 5.74. The van der Waals surface area contributed by atoms with Crippen LogP contribution in [0.25, 0.3) is 11.1 Å². The highest BCUT2D eigenvalue weighted by Crippen LogP contribution is 2.20. The van der Waals surface area contributed by atoms with Crippen LogP contribution in [-0.2, 0) is 28.2 Å². The maximum Gasteiger partial charge on any atom is 0.274 e. The van der Waals surface area contributed by atoms with Gasteiger partial charge in [-0.1, -0.05) is 0 Å². The summed E-state index contributed by atoms with van der Waals surface area (Å²) in [6.07, 6.45) is 0. The molecule has 0 aliphatic heterocycles. The molecule has 0 amide bonds. The smallest absolute Gasteiger partial charge is 0.274 e. The molecular weight excluding hydrogens is 312 g/mol. The van der Waals surface area contributed by atoms with E-state index >= 15 is 0 Å². The van der Waals surface area contributed by atoms with Gasteiger partial charge in [0.2, 0.25) is 0 Å². The standard InChI is InChI=1S/C12H18N4O2.BrH/c1-7-9(11(17)15(5)13(7)3)10-8(2)14(4)16(6)12(10)18;/h1-6H3;1H. The molecule has 0 aliphatic carbocycles. The second kappa shape index (κ2) is 4.88. The van der Waals surface area contributed by atoms with Crippen molar-refractivity contribution < 1.29 is 0 Å². The van der Waals surface area contributed by atoms with E-state index in [4.69, 9.17) is 0 Å². The minimum Gasteiger partial charge on any atom is -0.290 e. The summed E-state index contributed by atoms with van der Waals surface area (Å²) in [5.41, 5.74) is 2.32. The van der Waals surface area contributed by atoms with E-state index in [1.165, 1.54) is 9.36 Å². The maximum atomic E-state index is 12.2. The lowest BCUT2D eigenvalue weighted by Gasteiger charge is -2.01. The van der Waals surface area contributed by atoms with Crippen LogP contribution in [0.15, 0.2) is 9.59 Å². The highest BCUT2D eigenvalue weighted by Gasteiger charge is 2.22. The Bertz CT molecular complexity index is 681. The van der Waals surface area contributed by atoms with Crippen molar-refractivity contribution in [1.29, 1.82) is 0 Å². The van der Waals surface area contributed by atoms with Gasteiger partial charge in [0.05, 0.1) is 11.1 Å². The van der Waals surface area contributed by atoms with Gasteiger partial charge >= 0.3 is 0 Å². The Morgan fingerprint density at radius 3 is 1.05 bits per heavy atom. The summed E-state index contributed by atoms with van der Waals surface area (Å²) in [6, 6.07) is 0. The second-order valence-electron chi connectivity index (χ2n) is 4.63. The van der Waals surface area contributed by atoms with Crippen molar-refractivity contribution in [2.45, 2.75) is 13.8 Å². The molecule has 0 radical (unpaired) electrons. The zero-order valence-corrected chi connectivity index (χ0v) is 13.7. The third-order valence-electron chi connectivity index (χ3n) is 3.86. The molecule has 0 aromatic carbocycles. The third kappa shape index (κ3) is 1.92. The van der Waals surface area contributed by atoms with E-state index in [0.717, 1.165) is 11.4 Å². The first-order chi connectivity index (χ1) is 8.29. The lowest BCUT2D eigenvalue weighted by Crippen LogP contribution is -2.20. The molecule has 0 saturated carbocycles. The van der Waals surface area contributed by atoms with Gasteiger partial charge in [-0.15, -0.1) is 17.0 Å². The highest BCUT2D eigenvalue weighted by molar-refractivity contribution is 8.93. The Labute approximate surface area is 121 Å². The van der Waals surface area contributed by atoms with Gasteiger partial charge < -0.3 is 0 Å². The molecule has 0 atom stereocenters. The molecule has 2 aromatic heterocycles. The zero-order chi connectivity index (χ0) is 13.8. The number of hydrogen-bond donors (Lipinski definition) is 0. The Balaban J connectivity index is 0.00000180. The van der Waals surface area contributed by atoms with Crippen LogP contribution in [0.1, 0.15) is 11.4 Å². The van der Waals surface area contributed by atoms with Crippen LogP contribution >= 0.6 is 17.0 Å². The first-order valence-electron chi connectivity index (χ1n) is 5.74. The van der Waals surface area contributed by atoms with Gasteiger partial charge in [-0.25, -0.2) is 0 Å². The monoisotopic (exact) mass is 330 g/mol. The van der Waals surface area contributed by atoms with Crippen molar-refractivity contribution in [1.82, 2.24) is 18.7 Å². The molecule has 0 aliphatic rings. The van der Waals surface area contributed by atoms with Gasteiger partial charge in [0.25, 0.3) is 11.1 Å². The van der Waals surface area contributed by atoms with E-state index in [1.807, 2.05) is 27.9 Å². The summed E-state index contributed by atoms with van der Waals surface area (Å²) in [4.78, 5) is 24.4. The van der Waals surface area contributed by atoms with Gasteiger partial charge in [-0.3, -0.25) is 28.3 Å². The molecule has 0 fully saturated rings. The predicted octanol–water partition coefficient (Wildman–Crippen LogP) is 0.623. The molecule has 2 rings (SSSR count). The zero-order valence-electron chi connectivity index (χ0n) is 12.0. The van der Waals surface area contributed by atoms with Crippen LogP contribution in [0.3, 0.4) is 0 Å². The number of rotatable bonds is 1. The Hall–Kier alpha value is -1.50. The normalized spacial score (nSPS) is 10.6. The largest absolute Gasteiger partial charge is 0.290 e. The first kappa shape index (κ1) is 15.6. The fraction of sp³-hybridized carbons (Fsp3) is 0.500. The Kier molecular flexibility index (Phi) is 4.00. The van der Waals surface area contributed by atoms with Gasteiger partial charge in [0.15, 0.2) is 0 Å². The molecule has 2 heterocycles. The molecule has 0 N–H and O–H groups in total. The maximum absolute atomic E-state index is 12.2. The van der Waals surface area contributed by atoms with Gasteiger partial charge in [-0.05, 0) is 13.8 Å².